The Balaban J connectivity index is 1.77. The molecule has 0 bridgehead atoms. The number of benzene rings is 1. The molecule has 2 aromatic rings. The second-order valence-corrected chi connectivity index (χ2v) is 9.15. The third-order valence-electron chi connectivity index (χ3n) is 5.68. The number of ether oxygens (including phenoxy) is 1. The van der Waals surface area contributed by atoms with E-state index in [4.69, 9.17) is 16.3 Å². The highest BCUT2D eigenvalue weighted by Gasteiger charge is 2.33. The number of nitrogens with one attached hydrogen (secondary N) is 4. The van der Waals surface area contributed by atoms with Crippen LogP contribution < -0.4 is 20.8 Å². The monoisotopic (exact) mass is 509 g/mol. The Morgan fingerprint density at radius 1 is 1.31 bits per heavy atom. The fourth-order valence-corrected chi connectivity index (χ4v) is 4.04. The zero-order valence-electron chi connectivity index (χ0n) is 19.7. The number of halogens is 2. The van der Waals surface area contributed by atoms with Gasteiger partial charge in [-0.25, -0.2) is 9.40 Å². The summed E-state index contributed by atoms with van der Waals surface area (Å²) in [5, 5.41) is 6.71. The predicted octanol–water partition coefficient (Wildman–Crippen LogP) is 1.85. The third kappa shape index (κ3) is 6.41. The summed E-state index contributed by atoms with van der Waals surface area (Å²) in [5.41, 5.74) is 0.841. The van der Waals surface area contributed by atoms with Gasteiger partial charge in [0.2, 0.25) is 5.91 Å². The van der Waals surface area contributed by atoms with Gasteiger partial charge in [-0.05, 0) is 37.0 Å². The minimum atomic E-state index is -2.40. The maximum absolute atomic E-state index is 13.6. The van der Waals surface area contributed by atoms with Crippen LogP contribution in [0.4, 0.5) is 4.39 Å². The molecule has 12 heteroatoms. The third-order valence-corrected chi connectivity index (χ3v) is 5.87. The van der Waals surface area contributed by atoms with Crippen molar-refractivity contribution in [2.24, 2.45) is 11.8 Å². The van der Waals surface area contributed by atoms with E-state index in [0.29, 0.717) is 34.6 Å². The average Bonchev–Trinajstić information content (AvgIpc) is 3.43. The molecule has 1 aromatic heterocycles. The lowest BCUT2D eigenvalue weighted by molar-refractivity contribution is -0.145. The van der Waals surface area contributed by atoms with Crippen molar-refractivity contribution in [3.8, 4) is 5.75 Å². The number of hydrazine groups is 1. The van der Waals surface area contributed by atoms with E-state index >= 15 is 0 Å². The number of nitrogens with zero attached hydrogens (tertiary/aromatic N) is 1. The number of aromatic amines is 1. The predicted molar refractivity (Wildman–Crippen MR) is 127 cm³/mol. The van der Waals surface area contributed by atoms with Gasteiger partial charge in [0, 0.05) is 17.4 Å². The van der Waals surface area contributed by atoms with Gasteiger partial charge in [0.25, 0.3) is 23.4 Å². The summed E-state index contributed by atoms with van der Waals surface area (Å²) < 4.78 is 18.9. The van der Waals surface area contributed by atoms with Crippen LogP contribution in [-0.2, 0) is 14.4 Å². The van der Waals surface area contributed by atoms with Crippen molar-refractivity contribution in [3.63, 3.8) is 0 Å². The van der Waals surface area contributed by atoms with Gasteiger partial charge in [0.1, 0.15) is 17.5 Å². The zero-order valence-corrected chi connectivity index (χ0v) is 20.4. The largest absolute Gasteiger partial charge is 0.496 e. The molecule has 4 amide bonds. The molecule has 0 saturated carbocycles. The molecule has 35 heavy (non-hydrogen) atoms. The molecular weight excluding hydrogens is 481 g/mol. The molecule has 2 heterocycles. The molecule has 0 aliphatic carbocycles. The van der Waals surface area contributed by atoms with Crippen LogP contribution >= 0.6 is 11.6 Å². The number of hydrogen-bond donors (Lipinski definition) is 4. The highest BCUT2D eigenvalue weighted by Crippen LogP contribution is 2.26. The second-order valence-electron chi connectivity index (χ2n) is 8.76. The first-order valence-corrected chi connectivity index (χ1v) is 11.7. The lowest BCUT2D eigenvalue weighted by Crippen LogP contribution is -2.57. The molecule has 0 unspecified atom stereocenters. The zero-order chi connectivity index (χ0) is 25.7. The fraction of sp³-hybridized carbons (Fsp3) is 0.478. The van der Waals surface area contributed by atoms with Crippen LogP contribution in [0.5, 0.6) is 5.75 Å². The number of alkyl halides is 2. The maximum Gasteiger partial charge on any atom is 0.291 e. The average molecular weight is 510 g/mol. The Hall–Kier alpha value is -3.34. The normalized spacial score (nSPS) is 17.1. The molecule has 10 nitrogen and oxygen atoms in total. The molecule has 1 saturated heterocycles. The van der Waals surface area contributed by atoms with Crippen molar-refractivity contribution in [3.05, 3.63) is 30.0 Å². The van der Waals surface area contributed by atoms with E-state index in [2.05, 4.69) is 21.0 Å². The summed E-state index contributed by atoms with van der Waals surface area (Å²) >= 11 is 5.33. The Bertz CT molecular complexity index is 1110. The van der Waals surface area contributed by atoms with Crippen molar-refractivity contribution >= 4 is 46.1 Å². The number of amides is 4. The first-order valence-electron chi connectivity index (χ1n) is 11.2. The van der Waals surface area contributed by atoms with Gasteiger partial charge >= 0.3 is 0 Å². The van der Waals surface area contributed by atoms with E-state index in [-0.39, 0.29) is 30.5 Å². The van der Waals surface area contributed by atoms with E-state index < -0.39 is 35.3 Å². The highest BCUT2D eigenvalue weighted by atomic mass is 35.5. The van der Waals surface area contributed by atoms with E-state index in [9.17, 15) is 23.6 Å². The van der Waals surface area contributed by atoms with Gasteiger partial charge in [0.05, 0.1) is 19.6 Å². The topological polar surface area (TPSA) is 133 Å². The van der Waals surface area contributed by atoms with Crippen LogP contribution in [-0.4, -0.2) is 65.5 Å². The van der Waals surface area contributed by atoms with Crippen LogP contribution in [0.15, 0.2) is 24.3 Å². The van der Waals surface area contributed by atoms with Crippen LogP contribution in [0.2, 0.25) is 0 Å². The lowest BCUT2D eigenvalue weighted by Gasteiger charge is -2.28. The number of hydrogen-bond acceptors (Lipinski definition) is 5. The smallest absolute Gasteiger partial charge is 0.291 e. The number of rotatable bonds is 9. The second kappa shape index (κ2) is 11.4. The molecule has 3 atom stereocenters. The Labute approximate surface area is 206 Å². The number of carbonyl (C=O) groups is 4. The number of methoxy groups -OCH3 is 1. The Morgan fingerprint density at radius 2 is 2.06 bits per heavy atom. The molecule has 190 valence electrons. The van der Waals surface area contributed by atoms with Crippen molar-refractivity contribution in [2.45, 2.75) is 38.4 Å². The molecular formula is C23H29ClFN5O5. The van der Waals surface area contributed by atoms with Crippen LogP contribution in [0, 0.1) is 11.8 Å². The van der Waals surface area contributed by atoms with Crippen LogP contribution in [0.25, 0.3) is 10.9 Å². The van der Waals surface area contributed by atoms with Gasteiger partial charge in [-0.15, -0.1) is 0 Å². The molecule has 1 aliphatic rings. The van der Waals surface area contributed by atoms with Crippen molar-refractivity contribution in [2.75, 3.05) is 20.2 Å². The Kier molecular flexibility index (Phi) is 8.55. The van der Waals surface area contributed by atoms with E-state index in [1.165, 1.54) is 7.11 Å². The van der Waals surface area contributed by atoms with E-state index in [0.717, 1.165) is 0 Å². The first-order chi connectivity index (χ1) is 16.6. The molecule has 0 spiro atoms. The van der Waals surface area contributed by atoms with Crippen molar-refractivity contribution < 1.29 is 28.3 Å². The van der Waals surface area contributed by atoms with Gasteiger partial charge in [-0.1, -0.05) is 31.5 Å². The number of fused-ring (bicyclic) bond motifs is 1. The number of aromatic nitrogens is 1. The van der Waals surface area contributed by atoms with Crippen LogP contribution in [0.1, 0.15) is 37.2 Å². The lowest BCUT2D eigenvalue weighted by atomic mass is 10.0. The van der Waals surface area contributed by atoms with Gasteiger partial charge in [-0.3, -0.25) is 24.6 Å². The van der Waals surface area contributed by atoms with Crippen molar-refractivity contribution in [1.29, 1.82) is 0 Å². The Morgan fingerprint density at radius 3 is 2.66 bits per heavy atom. The van der Waals surface area contributed by atoms with Gasteiger partial charge < -0.3 is 20.4 Å². The maximum atomic E-state index is 13.6. The minimum Gasteiger partial charge on any atom is -0.496 e. The fourth-order valence-electron chi connectivity index (χ4n) is 3.93. The van der Waals surface area contributed by atoms with Gasteiger partial charge in [-0.2, -0.15) is 0 Å². The summed E-state index contributed by atoms with van der Waals surface area (Å²) in [6, 6.07) is 5.90. The van der Waals surface area contributed by atoms with Gasteiger partial charge in [0.15, 0.2) is 0 Å². The molecule has 1 aliphatic heterocycles. The van der Waals surface area contributed by atoms with Crippen molar-refractivity contribution in [1.82, 2.24) is 26.1 Å². The highest BCUT2D eigenvalue weighted by molar-refractivity contribution is 6.29. The number of H-pyrrole nitrogens is 1. The summed E-state index contributed by atoms with van der Waals surface area (Å²) in [7, 11) is 1.52. The van der Waals surface area contributed by atoms with E-state index in [1.807, 2.05) is 13.8 Å². The summed E-state index contributed by atoms with van der Waals surface area (Å²) in [4.78, 5) is 53.3. The first kappa shape index (κ1) is 26.3. The SMILES string of the molecule is COc1cccc2[nH]c(C(=O)N[C@@H](CC(C)C)C(=O)NN(C[C@@H]3CCNC3=O)C(=O)[C@H](F)Cl)cc12. The molecule has 4 N–H and O–H groups in total. The minimum absolute atomic E-state index is 0.000528. The molecule has 0 radical (unpaired) electrons. The van der Waals surface area contributed by atoms with E-state index in [1.54, 1.807) is 24.3 Å². The van der Waals surface area contributed by atoms with Crippen LogP contribution in [0.3, 0.4) is 0 Å². The molecule has 3 rings (SSSR count). The molecule has 1 aromatic carbocycles. The number of carbonyl (C=O) groups excluding carboxylic acids is 4. The summed E-state index contributed by atoms with van der Waals surface area (Å²) in [6.45, 7) is 3.90. The standard InChI is InChI=1S/C23H29ClFN5O5/c1-12(2)9-16(28-21(32)17-10-14-15(27-17)5-4-6-18(14)35-3)22(33)29-30(23(34)19(24)25)11-13-7-8-26-20(13)31/h4-6,10,12-13,16,19,27H,7-9,11H2,1-3H3,(H,26,31)(H,28,32)(H,29,33)/t13-,16-,19-/m0/s1. The quantitative estimate of drug-likeness (QED) is 0.302. The summed E-state index contributed by atoms with van der Waals surface area (Å²) in [6.07, 6.45) is 0.667. The summed E-state index contributed by atoms with van der Waals surface area (Å²) in [5.74, 6) is -2.81. The molecule has 1 fully saturated rings.